The Morgan fingerprint density at radius 2 is 2.22 bits per heavy atom. The van der Waals surface area contributed by atoms with Crippen LogP contribution in [-0.2, 0) is 17.6 Å². The molecule has 1 atom stereocenters. The number of pyridine rings is 1. The summed E-state index contributed by atoms with van der Waals surface area (Å²) in [4.78, 5) is 15.8. The van der Waals surface area contributed by atoms with Gasteiger partial charge in [0.15, 0.2) is 6.04 Å². The first-order valence-electron chi connectivity index (χ1n) is 7.29. The Labute approximate surface area is 132 Å². The molecule has 0 fully saturated rings. The fourth-order valence-electron chi connectivity index (χ4n) is 2.24. The smallest absolute Gasteiger partial charge is 0.329 e. The number of nitrogens with zero attached hydrogens (tertiary/aromatic N) is 4. The van der Waals surface area contributed by atoms with Gasteiger partial charge in [0.1, 0.15) is 11.5 Å². The fourth-order valence-corrected chi connectivity index (χ4v) is 2.24. The van der Waals surface area contributed by atoms with Crippen LogP contribution < -0.4 is 0 Å². The molecule has 0 bridgehead atoms. The third kappa shape index (κ3) is 3.28. The number of aromatic nitrogens is 4. The summed E-state index contributed by atoms with van der Waals surface area (Å²) in [7, 11) is 0. The Hall–Kier alpha value is -2.96. The Kier molecular flexibility index (Phi) is 4.18. The van der Waals surface area contributed by atoms with E-state index in [1.807, 2.05) is 12.1 Å². The molecular formula is C16H16N4O3. The molecule has 7 nitrogen and oxygen atoms in total. The van der Waals surface area contributed by atoms with Crippen molar-refractivity contribution in [3.8, 4) is 11.4 Å². The zero-order valence-electron chi connectivity index (χ0n) is 12.6. The molecule has 0 spiro atoms. The summed E-state index contributed by atoms with van der Waals surface area (Å²) < 4.78 is 6.54. The summed E-state index contributed by atoms with van der Waals surface area (Å²) in [6.45, 7) is 2.05. The topological polar surface area (TPSA) is 94.0 Å². The van der Waals surface area contributed by atoms with Crippen LogP contribution in [0.3, 0.4) is 0 Å². The Balaban J connectivity index is 1.84. The van der Waals surface area contributed by atoms with Gasteiger partial charge in [-0.25, -0.2) is 9.48 Å². The van der Waals surface area contributed by atoms with Crippen LogP contribution in [0.25, 0.3) is 11.4 Å². The van der Waals surface area contributed by atoms with Crippen LogP contribution in [0.4, 0.5) is 0 Å². The van der Waals surface area contributed by atoms with Crippen molar-refractivity contribution >= 4 is 5.97 Å². The molecular weight excluding hydrogens is 296 g/mol. The number of aryl methyl sites for hydroxylation is 1. The van der Waals surface area contributed by atoms with Crippen LogP contribution in [0.15, 0.2) is 47.3 Å². The Bertz CT molecular complexity index is 778. The van der Waals surface area contributed by atoms with Gasteiger partial charge in [-0.3, -0.25) is 4.98 Å². The fraction of sp³-hybridized carbons (Fsp3) is 0.250. The lowest BCUT2D eigenvalue weighted by Gasteiger charge is -2.10. The van der Waals surface area contributed by atoms with Gasteiger partial charge in [-0.15, -0.1) is 5.10 Å². The maximum Gasteiger partial charge on any atom is 0.329 e. The lowest BCUT2D eigenvalue weighted by Crippen LogP contribution is -2.21. The van der Waals surface area contributed by atoms with Crippen LogP contribution in [0.1, 0.15) is 24.3 Å². The van der Waals surface area contributed by atoms with Crippen molar-refractivity contribution in [2.75, 3.05) is 0 Å². The van der Waals surface area contributed by atoms with Crippen LogP contribution >= 0.6 is 0 Å². The zero-order valence-corrected chi connectivity index (χ0v) is 12.6. The number of furan rings is 1. The molecule has 3 aromatic rings. The van der Waals surface area contributed by atoms with Crippen LogP contribution in [0.2, 0.25) is 0 Å². The highest BCUT2D eigenvalue weighted by molar-refractivity contribution is 5.72. The molecule has 3 aromatic heterocycles. The standard InChI is InChI=1S/C16H16N4O3/c1-2-11-5-6-13(17-9-11)14-10-20(19-18-14)15(16(21)22)8-12-4-3-7-23-12/h3-7,9-10,15H,2,8H2,1H3,(H,21,22)/t15-/m0/s1. The second-order valence-electron chi connectivity index (χ2n) is 5.13. The molecule has 0 saturated carbocycles. The number of rotatable bonds is 6. The van der Waals surface area contributed by atoms with Gasteiger partial charge in [-0.1, -0.05) is 18.2 Å². The molecule has 0 aromatic carbocycles. The third-order valence-electron chi connectivity index (χ3n) is 3.58. The first-order valence-corrected chi connectivity index (χ1v) is 7.29. The van der Waals surface area contributed by atoms with E-state index in [2.05, 4.69) is 22.2 Å². The van der Waals surface area contributed by atoms with E-state index in [1.165, 1.54) is 10.9 Å². The van der Waals surface area contributed by atoms with Crippen molar-refractivity contribution in [1.82, 2.24) is 20.0 Å². The van der Waals surface area contributed by atoms with E-state index >= 15 is 0 Å². The highest BCUT2D eigenvalue weighted by atomic mass is 16.4. The minimum atomic E-state index is -0.993. The average molecular weight is 312 g/mol. The second kappa shape index (κ2) is 6.43. The molecule has 118 valence electrons. The number of carboxylic acid groups (broad SMARTS) is 1. The molecule has 1 N–H and O–H groups in total. The van der Waals surface area contributed by atoms with E-state index in [-0.39, 0.29) is 6.42 Å². The van der Waals surface area contributed by atoms with E-state index in [1.54, 1.807) is 24.5 Å². The van der Waals surface area contributed by atoms with Crippen LogP contribution in [0, 0.1) is 0 Å². The number of aliphatic carboxylic acids is 1. The third-order valence-corrected chi connectivity index (χ3v) is 3.58. The summed E-state index contributed by atoms with van der Waals surface area (Å²) in [5.41, 5.74) is 2.33. The lowest BCUT2D eigenvalue weighted by molar-refractivity contribution is -0.141. The van der Waals surface area contributed by atoms with Gasteiger partial charge in [-0.05, 0) is 30.2 Å². The van der Waals surface area contributed by atoms with Crippen molar-refractivity contribution in [3.05, 3.63) is 54.2 Å². The predicted molar refractivity (Wildman–Crippen MR) is 81.7 cm³/mol. The lowest BCUT2D eigenvalue weighted by atomic mass is 10.1. The molecule has 0 aliphatic heterocycles. The number of carbonyl (C=O) groups is 1. The summed E-state index contributed by atoms with van der Waals surface area (Å²) in [5.74, 6) is -0.410. The largest absolute Gasteiger partial charge is 0.480 e. The maximum atomic E-state index is 11.5. The zero-order chi connectivity index (χ0) is 16.2. The number of carboxylic acids is 1. The highest BCUT2D eigenvalue weighted by Crippen LogP contribution is 2.19. The van der Waals surface area contributed by atoms with Crippen molar-refractivity contribution in [2.45, 2.75) is 25.8 Å². The molecule has 3 rings (SSSR count). The normalized spacial score (nSPS) is 12.2. The summed E-state index contributed by atoms with van der Waals surface area (Å²) in [5, 5.41) is 17.4. The summed E-state index contributed by atoms with van der Waals surface area (Å²) >= 11 is 0. The highest BCUT2D eigenvalue weighted by Gasteiger charge is 2.23. The van der Waals surface area contributed by atoms with Crippen LogP contribution in [-0.4, -0.2) is 31.1 Å². The Morgan fingerprint density at radius 3 is 2.83 bits per heavy atom. The van der Waals surface area contributed by atoms with Gasteiger partial charge in [-0.2, -0.15) is 0 Å². The van der Waals surface area contributed by atoms with Gasteiger partial charge in [0.2, 0.25) is 0 Å². The molecule has 0 amide bonds. The van der Waals surface area contributed by atoms with Gasteiger partial charge >= 0.3 is 5.97 Å². The first kappa shape index (κ1) is 15.0. The number of hydrogen-bond donors (Lipinski definition) is 1. The van der Waals surface area contributed by atoms with E-state index in [9.17, 15) is 9.90 Å². The quantitative estimate of drug-likeness (QED) is 0.751. The monoisotopic (exact) mass is 312 g/mol. The molecule has 0 unspecified atom stereocenters. The SMILES string of the molecule is CCc1ccc(-c2cn([C@@H](Cc3ccco3)C(=O)O)nn2)nc1. The van der Waals surface area contributed by atoms with Gasteiger partial charge in [0.25, 0.3) is 0 Å². The van der Waals surface area contributed by atoms with E-state index in [0.29, 0.717) is 17.1 Å². The van der Waals surface area contributed by atoms with E-state index < -0.39 is 12.0 Å². The van der Waals surface area contributed by atoms with Crippen molar-refractivity contribution in [1.29, 1.82) is 0 Å². The predicted octanol–water partition coefficient (Wildman–Crippen LogP) is 2.36. The second-order valence-corrected chi connectivity index (χ2v) is 5.13. The summed E-state index contributed by atoms with van der Waals surface area (Å²) in [6.07, 6.45) is 6.00. The molecule has 0 aliphatic rings. The van der Waals surface area contributed by atoms with Crippen molar-refractivity contribution < 1.29 is 14.3 Å². The molecule has 3 heterocycles. The minimum absolute atomic E-state index is 0.202. The molecule has 7 heteroatoms. The molecule has 0 radical (unpaired) electrons. The van der Waals surface area contributed by atoms with E-state index in [0.717, 1.165) is 12.0 Å². The van der Waals surface area contributed by atoms with Crippen molar-refractivity contribution in [2.24, 2.45) is 0 Å². The first-order chi connectivity index (χ1) is 11.2. The molecule has 0 aliphatic carbocycles. The van der Waals surface area contributed by atoms with Gasteiger partial charge in [0.05, 0.1) is 18.2 Å². The van der Waals surface area contributed by atoms with E-state index in [4.69, 9.17) is 4.42 Å². The van der Waals surface area contributed by atoms with Crippen LogP contribution in [0.5, 0.6) is 0 Å². The summed E-state index contributed by atoms with van der Waals surface area (Å²) in [6, 6.07) is 6.41. The minimum Gasteiger partial charge on any atom is -0.480 e. The Morgan fingerprint density at radius 1 is 1.35 bits per heavy atom. The molecule has 0 saturated heterocycles. The van der Waals surface area contributed by atoms with Crippen molar-refractivity contribution in [3.63, 3.8) is 0 Å². The maximum absolute atomic E-state index is 11.5. The molecule has 23 heavy (non-hydrogen) atoms. The van der Waals surface area contributed by atoms with Gasteiger partial charge in [0, 0.05) is 12.6 Å². The average Bonchev–Trinajstić information content (AvgIpc) is 3.24. The number of hydrogen-bond acceptors (Lipinski definition) is 5. The van der Waals surface area contributed by atoms with Gasteiger partial charge < -0.3 is 9.52 Å².